The van der Waals surface area contributed by atoms with Crippen molar-refractivity contribution < 1.29 is 4.79 Å². The van der Waals surface area contributed by atoms with Crippen LogP contribution in [0.1, 0.15) is 16.7 Å². The van der Waals surface area contributed by atoms with Crippen LogP contribution in [0.5, 0.6) is 0 Å². The topological polar surface area (TPSA) is 90.1 Å². The van der Waals surface area contributed by atoms with Crippen molar-refractivity contribution in [1.29, 1.82) is 0 Å². The summed E-state index contributed by atoms with van der Waals surface area (Å²) in [5.74, 6) is -0.173. The zero-order valence-corrected chi connectivity index (χ0v) is 16.5. The Labute approximate surface area is 176 Å². The van der Waals surface area contributed by atoms with Crippen molar-refractivity contribution in [3.63, 3.8) is 0 Å². The minimum Gasteiger partial charge on any atom is -0.324 e. The zero-order chi connectivity index (χ0) is 20.7. The van der Waals surface area contributed by atoms with E-state index in [1.807, 2.05) is 48.5 Å². The molecule has 3 aromatic carbocycles. The lowest BCUT2D eigenvalue weighted by Crippen LogP contribution is -2.27. The largest absolute Gasteiger partial charge is 0.324 e. The van der Waals surface area contributed by atoms with Crippen molar-refractivity contribution in [2.24, 2.45) is 4.99 Å². The quantitative estimate of drug-likeness (QED) is 0.472. The second-order valence-corrected chi connectivity index (χ2v) is 7.64. The Morgan fingerprint density at radius 2 is 1.70 bits per heavy atom. The predicted octanol–water partition coefficient (Wildman–Crippen LogP) is 3.91. The van der Waals surface area contributed by atoms with Gasteiger partial charge in [-0.25, -0.2) is 4.79 Å². The van der Waals surface area contributed by atoms with E-state index in [4.69, 9.17) is 16.6 Å². The molecule has 5 rings (SSSR count). The van der Waals surface area contributed by atoms with Crippen LogP contribution in [0.25, 0.3) is 11.0 Å². The standard InChI is InChI=1S/C23H17ClN4O2/c24-15-7-9-17-16(12-15)21(14-6-8-18-19(11-14)28-23(30)27-18)25-20(22(29)26-17)10-13-4-2-1-3-5-13/h1-9,11-12,20H,10H2,(H,26,29)(H2,27,28,30)/t20-/m0/s1. The number of imidazole rings is 1. The molecular formula is C23H17ClN4O2. The number of aromatic amines is 2. The van der Waals surface area contributed by atoms with Crippen LogP contribution in [0.3, 0.4) is 0 Å². The number of amides is 1. The maximum absolute atomic E-state index is 13.0. The summed E-state index contributed by atoms with van der Waals surface area (Å²) in [6, 6.07) is 20.1. The normalized spacial score (nSPS) is 16.0. The summed E-state index contributed by atoms with van der Waals surface area (Å²) in [4.78, 5) is 35.0. The Bertz CT molecular complexity index is 1350. The Kier molecular flexibility index (Phi) is 4.48. The maximum atomic E-state index is 13.0. The molecule has 1 aliphatic heterocycles. The summed E-state index contributed by atoms with van der Waals surface area (Å²) in [6.07, 6.45) is 0.473. The van der Waals surface area contributed by atoms with Gasteiger partial charge in [0.2, 0.25) is 5.91 Å². The van der Waals surface area contributed by atoms with Gasteiger partial charge in [0.05, 0.1) is 22.4 Å². The molecule has 1 atom stereocenters. The fourth-order valence-corrected chi connectivity index (χ4v) is 3.88. The van der Waals surface area contributed by atoms with Gasteiger partial charge >= 0.3 is 5.69 Å². The van der Waals surface area contributed by atoms with Crippen LogP contribution in [0.4, 0.5) is 5.69 Å². The number of nitrogens with one attached hydrogen (secondary N) is 3. The van der Waals surface area contributed by atoms with Crippen molar-refractivity contribution in [3.05, 3.63) is 98.9 Å². The highest BCUT2D eigenvalue weighted by molar-refractivity contribution is 6.32. The van der Waals surface area contributed by atoms with Gasteiger partial charge in [-0.3, -0.25) is 9.79 Å². The lowest BCUT2D eigenvalue weighted by molar-refractivity contribution is -0.117. The number of nitrogens with zero attached hydrogens (tertiary/aromatic N) is 1. The highest BCUT2D eigenvalue weighted by Gasteiger charge is 2.26. The molecule has 7 heteroatoms. The third-order valence-corrected chi connectivity index (χ3v) is 5.38. The molecule has 0 bridgehead atoms. The molecule has 0 aliphatic carbocycles. The molecule has 0 saturated heterocycles. The number of fused-ring (bicyclic) bond motifs is 2. The van der Waals surface area contributed by atoms with Crippen molar-refractivity contribution in [3.8, 4) is 0 Å². The molecule has 0 unspecified atom stereocenters. The number of aromatic nitrogens is 2. The van der Waals surface area contributed by atoms with Gasteiger partial charge in [0.25, 0.3) is 0 Å². The minimum atomic E-state index is -0.602. The number of halogens is 1. The van der Waals surface area contributed by atoms with Crippen LogP contribution >= 0.6 is 11.6 Å². The van der Waals surface area contributed by atoms with Crippen molar-refractivity contribution in [2.45, 2.75) is 12.5 Å². The van der Waals surface area contributed by atoms with E-state index in [1.54, 1.807) is 18.2 Å². The third kappa shape index (κ3) is 3.42. The van der Waals surface area contributed by atoms with Crippen LogP contribution in [-0.4, -0.2) is 27.6 Å². The summed E-state index contributed by atoms with van der Waals surface area (Å²) in [5, 5.41) is 3.53. The Balaban J connectivity index is 1.67. The molecule has 0 fully saturated rings. The molecule has 30 heavy (non-hydrogen) atoms. The Morgan fingerprint density at radius 3 is 2.53 bits per heavy atom. The highest BCUT2D eigenvalue weighted by atomic mass is 35.5. The van der Waals surface area contributed by atoms with Crippen LogP contribution in [0, 0.1) is 0 Å². The van der Waals surface area contributed by atoms with E-state index in [1.165, 1.54) is 0 Å². The minimum absolute atomic E-state index is 0.173. The van der Waals surface area contributed by atoms with E-state index < -0.39 is 6.04 Å². The van der Waals surface area contributed by atoms with Gasteiger partial charge in [0.1, 0.15) is 6.04 Å². The fraction of sp³-hybridized carbons (Fsp3) is 0.0870. The van der Waals surface area contributed by atoms with Gasteiger partial charge in [-0.05, 0) is 35.9 Å². The van der Waals surface area contributed by atoms with Crippen LogP contribution in [-0.2, 0) is 11.2 Å². The van der Waals surface area contributed by atoms with Crippen molar-refractivity contribution in [1.82, 2.24) is 9.97 Å². The van der Waals surface area contributed by atoms with Crippen molar-refractivity contribution in [2.75, 3.05) is 5.32 Å². The number of H-pyrrole nitrogens is 2. The van der Waals surface area contributed by atoms with E-state index in [-0.39, 0.29) is 11.6 Å². The summed E-state index contributed by atoms with van der Waals surface area (Å²) >= 11 is 6.26. The number of carbonyl (C=O) groups excluding carboxylic acids is 1. The number of hydrogen-bond acceptors (Lipinski definition) is 3. The summed E-state index contributed by atoms with van der Waals surface area (Å²) in [5.41, 5.74) is 4.96. The second kappa shape index (κ2) is 7.31. The molecule has 148 valence electrons. The Morgan fingerprint density at radius 1 is 0.900 bits per heavy atom. The van der Waals surface area contributed by atoms with Crippen LogP contribution < -0.4 is 11.0 Å². The molecule has 1 aliphatic rings. The summed E-state index contributed by atoms with van der Waals surface area (Å²) < 4.78 is 0. The number of rotatable bonds is 3. The molecule has 0 spiro atoms. The molecule has 1 aromatic heterocycles. The molecule has 2 heterocycles. The van der Waals surface area contributed by atoms with E-state index in [2.05, 4.69) is 15.3 Å². The monoisotopic (exact) mass is 416 g/mol. The van der Waals surface area contributed by atoms with Gasteiger partial charge in [-0.1, -0.05) is 48.0 Å². The smallest absolute Gasteiger partial charge is 0.323 e. The predicted molar refractivity (Wildman–Crippen MR) is 119 cm³/mol. The SMILES string of the molecule is O=C1Nc2ccc(Cl)cc2C(c2ccc3[nH]c(=O)[nH]c3c2)=N[C@H]1Cc1ccccc1. The first kappa shape index (κ1) is 18.4. The number of benzene rings is 3. The third-order valence-electron chi connectivity index (χ3n) is 5.14. The lowest BCUT2D eigenvalue weighted by atomic mass is 10.00. The molecule has 6 nitrogen and oxygen atoms in total. The second-order valence-electron chi connectivity index (χ2n) is 7.20. The number of benzodiazepines with no additional fused rings is 1. The van der Waals surface area contributed by atoms with E-state index >= 15 is 0 Å². The zero-order valence-electron chi connectivity index (χ0n) is 15.8. The average molecular weight is 417 g/mol. The van der Waals surface area contributed by atoms with Gasteiger partial charge in [0, 0.05) is 22.6 Å². The van der Waals surface area contributed by atoms with Gasteiger partial charge in [-0.2, -0.15) is 0 Å². The highest BCUT2D eigenvalue weighted by Crippen LogP contribution is 2.28. The maximum Gasteiger partial charge on any atom is 0.323 e. The van der Waals surface area contributed by atoms with Crippen molar-refractivity contribution >= 4 is 39.9 Å². The molecule has 0 saturated carbocycles. The summed E-state index contributed by atoms with van der Waals surface area (Å²) in [6.45, 7) is 0. The van der Waals surface area contributed by atoms with Gasteiger partial charge < -0.3 is 15.3 Å². The number of hydrogen-bond donors (Lipinski definition) is 3. The number of anilines is 1. The van der Waals surface area contributed by atoms with E-state index in [0.717, 1.165) is 16.7 Å². The number of aliphatic imine (C=N–C) groups is 1. The average Bonchev–Trinajstić information content (AvgIpc) is 3.06. The molecule has 1 amide bonds. The van der Waals surface area contributed by atoms with Crippen LogP contribution in [0.15, 0.2) is 76.5 Å². The summed E-state index contributed by atoms with van der Waals surface area (Å²) in [7, 11) is 0. The van der Waals surface area contributed by atoms with Gasteiger partial charge in [-0.15, -0.1) is 0 Å². The van der Waals surface area contributed by atoms with Gasteiger partial charge in [0.15, 0.2) is 0 Å². The Hall–Kier alpha value is -3.64. The molecule has 4 aromatic rings. The lowest BCUT2D eigenvalue weighted by Gasteiger charge is -2.11. The first-order chi connectivity index (χ1) is 14.6. The first-order valence-electron chi connectivity index (χ1n) is 9.52. The van der Waals surface area contributed by atoms with E-state index in [9.17, 15) is 9.59 Å². The fourth-order valence-electron chi connectivity index (χ4n) is 3.71. The first-order valence-corrected chi connectivity index (χ1v) is 9.89. The molecular weight excluding hydrogens is 400 g/mol. The number of carbonyl (C=O) groups is 1. The molecule has 3 N–H and O–H groups in total. The van der Waals surface area contributed by atoms with E-state index in [0.29, 0.717) is 33.9 Å². The van der Waals surface area contributed by atoms with Crippen LogP contribution in [0.2, 0.25) is 5.02 Å². The molecule has 0 radical (unpaired) electrons.